The molecule has 134 valence electrons. The molecule has 0 aliphatic carbocycles. The molecule has 0 aromatic heterocycles. The molecule has 0 fully saturated rings. The highest BCUT2D eigenvalue weighted by atomic mass is 16.3. The van der Waals surface area contributed by atoms with Crippen LogP contribution < -0.4 is 0 Å². The highest BCUT2D eigenvalue weighted by molar-refractivity contribution is 5.63. The number of hydrogen-bond acceptors (Lipinski definition) is 3. The molecular weight excluding hydrogens is 322 g/mol. The van der Waals surface area contributed by atoms with Gasteiger partial charge in [-0.2, -0.15) is 0 Å². The van der Waals surface area contributed by atoms with Crippen molar-refractivity contribution >= 4 is 0 Å². The molecule has 0 aliphatic rings. The van der Waals surface area contributed by atoms with Crippen LogP contribution in [0.2, 0.25) is 0 Å². The molecule has 0 radical (unpaired) electrons. The summed E-state index contributed by atoms with van der Waals surface area (Å²) in [6.45, 7) is 1.89. The zero-order valence-electron chi connectivity index (χ0n) is 15.1. The molecule has 0 saturated carbocycles. The molecule has 0 atom stereocenters. The van der Waals surface area contributed by atoms with Crippen molar-refractivity contribution in [3.8, 4) is 22.6 Å². The van der Waals surface area contributed by atoms with E-state index in [1.54, 1.807) is 12.1 Å². The van der Waals surface area contributed by atoms with Crippen LogP contribution in [0.15, 0.2) is 72.8 Å². The Kier molecular flexibility index (Phi) is 5.92. The number of rotatable bonds is 7. The number of likely N-dealkylation sites (N-methyl/N-ethyl adjacent to an activating group) is 1. The van der Waals surface area contributed by atoms with Gasteiger partial charge in [0, 0.05) is 13.1 Å². The van der Waals surface area contributed by atoms with Gasteiger partial charge < -0.3 is 15.1 Å². The van der Waals surface area contributed by atoms with E-state index in [0.29, 0.717) is 0 Å². The predicted molar refractivity (Wildman–Crippen MR) is 107 cm³/mol. The number of nitrogens with zero attached hydrogens (tertiary/aromatic N) is 1. The van der Waals surface area contributed by atoms with Gasteiger partial charge >= 0.3 is 0 Å². The van der Waals surface area contributed by atoms with Gasteiger partial charge in [0.05, 0.1) is 0 Å². The number of phenols is 2. The van der Waals surface area contributed by atoms with Gasteiger partial charge in [-0.25, -0.2) is 0 Å². The van der Waals surface area contributed by atoms with Crippen molar-refractivity contribution in [1.29, 1.82) is 0 Å². The van der Waals surface area contributed by atoms with E-state index in [2.05, 4.69) is 60.5 Å². The Morgan fingerprint density at radius 3 is 1.88 bits per heavy atom. The van der Waals surface area contributed by atoms with E-state index in [4.69, 9.17) is 0 Å². The maximum atomic E-state index is 9.56. The number of aromatic hydroxyl groups is 2. The highest BCUT2D eigenvalue weighted by Gasteiger charge is 2.04. The van der Waals surface area contributed by atoms with Crippen LogP contribution in [0, 0.1) is 0 Å². The Morgan fingerprint density at radius 2 is 1.23 bits per heavy atom. The maximum Gasteiger partial charge on any atom is 0.157 e. The van der Waals surface area contributed by atoms with Crippen molar-refractivity contribution in [2.45, 2.75) is 12.8 Å². The summed E-state index contributed by atoms with van der Waals surface area (Å²) in [5.41, 5.74) is 4.85. The number of phenolic OH excluding ortho intramolecular Hbond substituents is 2. The lowest BCUT2D eigenvalue weighted by molar-refractivity contribution is 0.342. The number of hydrogen-bond donors (Lipinski definition) is 2. The third kappa shape index (κ3) is 4.87. The Bertz CT molecular complexity index is 829. The lowest BCUT2D eigenvalue weighted by atomic mass is 10.0. The summed E-state index contributed by atoms with van der Waals surface area (Å²) in [4.78, 5) is 2.29. The first kappa shape index (κ1) is 18.0. The largest absolute Gasteiger partial charge is 0.504 e. The van der Waals surface area contributed by atoms with E-state index in [1.807, 2.05) is 12.1 Å². The van der Waals surface area contributed by atoms with E-state index >= 15 is 0 Å². The Hall–Kier alpha value is -2.78. The zero-order valence-corrected chi connectivity index (χ0v) is 15.1. The van der Waals surface area contributed by atoms with E-state index in [1.165, 1.54) is 16.7 Å². The minimum Gasteiger partial charge on any atom is -0.504 e. The van der Waals surface area contributed by atoms with Crippen LogP contribution in [-0.2, 0) is 12.8 Å². The third-order valence-corrected chi connectivity index (χ3v) is 4.67. The molecule has 0 aliphatic heterocycles. The molecule has 2 N–H and O–H groups in total. The monoisotopic (exact) mass is 347 g/mol. The van der Waals surface area contributed by atoms with Crippen LogP contribution >= 0.6 is 0 Å². The molecule has 0 heterocycles. The van der Waals surface area contributed by atoms with Crippen molar-refractivity contribution in [3.05, 3.63) is 83.9 Å². The van der Waals surface area contributed by atoms with Gasteiger partial charge in [0.25, 0.3) is 0 Å². The van der Waals surface area contributed by atoms with Crippen molar-refractivity contribution < 1.29 is 10.2 Å². The fraction of sp³-hybridized carbons (Fsp3) is 0.217. The van der Waals surface area contributed by atoms with Crippen LogP contribution in [-0.4, -0.2) is 35.3 Å². The standard InChI is InChI=1S/C23H25NO2/c1-24(16-14-19-9-12-22(25)23(26)17-19)15-13-18-7-10-21(11-8-18)20-5-3-2-4-6-20/h2-12,17,25-26H,13-16H2,1H3. The van der Waals surface area contributed by atoms with Gasteiger partial charge in [-0.1, -0.05) is 60.7 Å². The molecule has 0 unspecified atom stereocenters. The number of benzene rings is 3. The van der Waals surface area contributed by atoms with E-state index in [-0.39, 0.29) is 11.5 Å². The third-order valence-electron chi connectivity index (χ3n) is 4.67. The predicted octanol–water partition coefficient (Wildman–Crippen LogP) is 4.48. The topological polar surface area (TPSA) is 43.7 Å². The fourth-order valence-corrected chi connectivity index (χ4v) is 2.97. The van der Waals surface area contributed by atoms with Crippen LogP contribution in [0.3, 0.4) is 0 Å². The molecule has 3 heteroatoms. The maximum absolute atomic E-state index is 9.56. The molecule has 3 aromatic carbocycles. The molecule has 3 aromatic rings. The lowest BCUT2D eigenvalue weighted by Crippen LogP contribution is -2.23. The second-order valence-corrected chi connectivity index (χ2v) is 6.69. The fourth-order valence-electron chi connectivity index (χ4n) is 2.97. The average Bonchev–Trinajstić information content (AvgIpc) is 2.68. The van der Waals surface area contributed by atoms with E-state index in [9.17, 15) is 10.2 Å². The summed E-state index contributed by atoms with van der Waals surface area (Å²) in [5.74, 6) is -0.121. The molecule has 0 amide bonds. The zero-order chi connectivity index (χ0) is 18.4. The van der Waals surface area contributed by atoms with Crippen LogP contribution in [0.25, 0.3) is 11.1 Å². The smallest absolute Gasteiger partial charge is 0.157 e. The van der Waals surface area contributed by atoms with Gasteiger partial charge in [-0.3, -0.25) is 0 Å². The highest BCUT2D eigenvalue weighted by Crippen LogP contribution is 2.25. The molecule has 0 bridgehead atoms. The van der Waals surface area contributed by atoms with Gasteiger partial charge in [0.2, 0.25) is 0 Å². The SMILES string of the molecule is CN(CCc1ccc(-c2ccccc2)cc1)CCc1ccc(O)c(O)c1. The summed E-state index contributed by atoms with van der Waals surface area (Å²) < 4.78 is 0. The first-order chi connectivity index (χ1) is 12.6. The molecule has 0 saturated heterocycles. The molecule has 3 nitrogen and oxygen atoms in total. The summed E-state index contributed by atoms with van der Waals surface area (Å²) in [6.07, 6.45) is 1.85. The first-order valence-electron chi connectivity index (χ1n) is 8.95. The van der Waals surface area contributed by atoms with Crippen LogP contribution in [0.4, 0.5) is 0 Å². The second-order valence-electron chi connectivity index (χ2n) is 6.69. The minimum absolute atomic E-state index is 0.0522. The van der Waals surface area contributed by atoms with Crippen molar-refractivity contribution in [1.82, 2.24) is 4.90 Å². The Labute approximate surface area is 155 Å². The van der Waals surface area contributed by atoms with Crippen molar-refractivity contribution in [2.24, 2.45) is 0 Å². The van der Waals surface area contributed by atoms with E-state index in [0.717, 1.165) is 31.5 Å². The summed E-state index contributed by atoms with van der Waals surface area (Å²) in [6, 6.07) is 24.2. The summed E-state index contributed by atoms with van der Waals surface area (Å²) >= 11 is 0. The normalized spacial score (nSPS) is 11.0. The minimum atomic E-state index is -0.0685. The van der Waals surface area contributed by atoms with Crippen LogP contribution in [0.5, 0.6) is 11.5 Å². The Morgan fingerprint density at radius 1 is 0.654 bits per heavy atom. The molecular formula is C23H25NO2. The van der Waals surface area contributed by atoms with Gasteiger partial charge in [-0.15, -0.1) is 0 Å². The first-order valence-corrected chi connectivity index (χ1v) is 8.95. The average molecular weight is 347 g/mol. The van der Waals surface area contributed by atoms with Gasteiger partial charge in [-0.05, 0) is 54.3 Å². The summed E-state index contributed by atoms with van der Waals surface area (Å²) in [5, 5.41) is 18.9. The second kappa shape index (κ2) is 8.54. The van der Waals surface area contributed by atoms with Gasteiger partial charge in [0.1, 0.15) is 0 Å². The molecule has 3 rings (SSSR count). The molecule has 0 spiro atoms. The van der Waals surface area contributed by atoms with Crippen molar-refractivity contribution in [3.63, 3.8) is 0 Å². The molecule has 26 heavy (non-hydrogen) atoms. The van der Waals surface area contributed by atoms with Crippen LogP contribution in [0.1, 0.15) is 11.1 Å². The lowest BCUT2D eigenvalue weighted by Gasteiger charge is -2.17. The Balaban J connectivity index is 1.48. The summed E-state index contributed by atoms with van der Waals surface area (Å²) in [7, 11) is 2.11. The van der Waals surface area contributed by atoms with Crippen molar-refractivity contribution in [2.75, 3.05) is 20.1 Å². The van der Waals surface area contributed by atoms with E-state index < -0.39 is 0 Å². The van der Waals surface area contributed by atoms with Gasteiger partial charge in [0.15, 0.2) is 11.5 Å². The quantitative estimate of drug-likeness (QED) is 0.619.